The van der Waals surface area contributed by atoms with E-state index in [-0.39, 0.29) is 0 Å². The van der Waals surface area contributed by atoms with Crippen LogP contribution in [0.2, 0.25) is 0 Å². The molecule has 2 heteroatoms. The number of hydrogen-bond acceptors (Lipinski definition) is 1. The molecule has 0 heterocycles. The molecule has 0 N–H and O–H groups in total. The molecule has 1 nitrogen and oxygen atoms in total. The third-order valence-electron chi connectivity index (χ3n) is 0.598. The van der Waals surface area contributed by atoms with Gasteiger partial charge in [-0.25, -0.2) is 0 Å². The predicted octanol–water partition coefficient (Wildman–Crippen LogP) is 1.47. The van der Waals surface area contributed by atoms with E-state index in [4.69, 9.17) is 16.3 Å². The second-order valence-corrected chi connectivity index (χ2v) is 1.60. The summed E-state index contributed by atoms with van der Waals surface area (Å²) in [5.41, 5.74) is 0. The summed E-state index contributed by atoms with van der Waals surface area (Å²) in [6.07, 6.45) is 2.95. The monoisotopic (exact) mass is 121 g/mol. The zero-order valence-corrected chi connectivity index (χ0v) is 5.24. The van der Waals surface area contributed by atoms with Crippen molar-refractivity contribution in [3.05, 3.63) is 6.42 Å². The van der Waals surface area contributed by atoms with Gasteiger partial charge in [0.2, 0.25) is 0 Å². The molecular formula is C5H10ClO. The average Bonchev–Trinajstić information content (AvgIpc) is 1.69. The molecule has 0 rings (SSSR count). The van der Waals surface area contributed by atoms with Gasteiger partial charge in [0.05, 0.1) is 0 Å². The van der Waals surface area contributed by atoms with Gasteiger partial charge < -0.3 is 4.74 Å². The van der Waals surface area contributed by atoms with Crippen LogP contribution in [0.4, 0.5) is 0 Å². The Labute approximate surface area is 49.6 Å². The molecule has 0 fully saturated rings. The van der Waals surface area contributed by atoms with Crippen molar-refractivity contribution in [1.82, 2.24) is 0 Å². The lowest BCUT2D eigenvalue weighted by Gasteiger charge is -1.91. The molecule has 0 aliphatic rings. The van der Waals surface area contributed by atoms with Gasteiger partial charge in [0.25, 0.3) is 0 Å². The van der Waals surface area contributed by atoms with Crippen LogP contribution < -0.4 is 0 Å². The van der Waals surface area contributed by atoms with E-state index in [0.717, 1.165) is 6.42 Å². The minimum absolute atomic E-state index is 0.698. The Kier molecular flexibility index (Phi) is 6.47. The first-order valence-electron chi connectivity index (χ1n) is 2.28. The van der Waals surface area contributed by atoms with E-state index in [1.165, 1.54) is 0 Å². The molecule has 0 aromatic heterocycles. The van der Waals surface area contributed by atoms with Gasteiger partial charge in [-0.2, -0.15) is 0 Å². The standard InChI is InChI=1S/C5H10ClO/c1-7-5-3-2-4-6/h3H,2,4-5H2,1H3. The second kappa shape index (κ2) is 6.25. The van der Waals surface area contributed by atoms with Crippen LogP contribution in [0, 0.1) is 6.42 Å². The van der Waals surface area contributed by atoms with Gasteiger partial charge >= 0.3 is 0 Å². The zero-order chi connectivity index (χ0) is 5.54. The van der Waals surface area contributed by atoms with Gasteiger partial charge in [0.15, 0.2) is 0 Å². The first-order valence-corrected chi connectivity index (χ1v) is 2.82. The van der Waals surface area contributed by atoms with Crippen LogP contribution in [0.1, 0.15) is 6.42 Å². The van der Waals surface area contributed by atoms with Crippen LogP contribution in [-0.2, 0) is 4.74 Å². The molecule has 0 aromatic rings. The highest BCUT2D eigenvalue weighted by molar-refractivity contribution is 6.17. The lowest BCUT2D eigenvalue weighted by atomic mass is 10.4. The van der Waals surface area contributed by atoms with Crippen molar-refractivity contribution >= 4 is 11.6 Å². The summed E-state index contributed by atoms with van der Waals surface area (Å²) in [5.74, 6) is 0.698. The van der Waals surface area contributed by atoms with E-state index in [9.17, 15) is 0 Å². The molecule has 0 aromatic carbocycles. The summed E-state index contributed by atoms with van der Waals surface area (Å²) in [7, 11) is 1.67. The molecule has 0 bridgehead atoms. The third kappa shape index (κ3) is 6.25. The van der Waals surface area contributed by atoms with Gasteiger partial charge in [-0.15, -0.1) is 11.6 Å². The molecule has 7 heavy (non-hydrogen) atoms. The fourth-order valence-electron chi connectivity index (χ4n) is 0.278. The highest BCUT2D eigenvalue weighted by Crippen LogP contribution is 1.88. The Morgan fingerprint density at radius 2 is 2.43 bits per heavy atom. The fraction of sp³-hybridized carbons (Fsp3) is 0.800. The van der Waals surface area contributed by atoms with Crippen LogP contribution in [0.3, 0.4) is 0 Å². The van der Waals surface area contributed by atoms with Gasteiger partial charge in [0.1, 0.15) is 0 Å². The van der Waals surface area contributed by atoms with E-state index in [0.29, 0.717) is 12.5 Å². The largest absolute Gasteiger partial charge is 0.384 e. The van der Waals surface area contributed by atoms with E-state index in [1.807, 2.05) is 6.42 Å². The molecule has 0 saturated heterocycles. The third-order valence-corrected chi connectivity index (χ3v) is 0.816. The van der Waals surface area contributed by atoms with Crippen molar-refractivity contribution in [2.75, 3.05) is 19.6 Å². The van der Waals surface area contributed by atoms with Crippen molar-refractivity contribution in [3.63, 3.8) is 0 Å². The molecule has 0 atom stereocenters. The maximum Gasteiger partial charge on any atom is 0.0494 e. The lowest BCUT2D eigenvalue weighted by Crippen LogP contribution is -1.88. The molecule has 0 saturated carbocycles. The molecule has 0 unspecified atom stereocenters. The first-order chi connectivity index (χ1) is 3.41. The van der Waals surface area contributed by atoms with Crippen LogP contribution in [-0.4, -0.2) is 19.6 Å². The average molecular weight is 122 g/mol. The zero-order valence-electron chi connectivity index (χ0n) is 4.48. The minimum Gasteiger partial charge on any atom is -0.384 e. The molecule has 0 aliphatic carbocycles. The van der Waals surface area contributed by atoms with Gasteiger partial charge in [-0.05, 0) is 12.8 Å². The summed E-state index contributed by atoms with van der Waals surface area (Å²) in [6.45, 7) is 0.715. The second-order valence-electron chi connectivity index (χ2n) is 1.22. The number of alkyl halides is 1. The van der Waals surface area contributed by atoms with Crippen molar-refractivity contribution < 1.29 is 4.74 Å². The lowest BCUT2D eigenvalue weighted by molar-refractivity contribution is 0.221. The van der Waals surface area contributed by atoms with Crippen molar-refractivity contribution in [2.45, 2.75) is 6.42 Å². The van der Waals surface area contributed by atoms with Crippen molar-refractivity contribution in [2.24, 2.45) is 0 Å². The quantitative estimate of drug-likeness (QED) is 0.404. The topological polar surface area (TPSA) is 9.23 Å². The Bertz CT molecular complexity index is 27.3. The molecule has 1 radical (unpaired) electrons. The normalized spacial score (nSPS) is 9.43. The Morgan fingerprint density at radius 1 is 1.71 bits per heavy atom. The first kappa shape index (κ1) is 7.25. The van der Waals surface area contributed by atoms with Crippen LogP contribution in [0.25, 0.3) is 0 Å². The Morgan fingerprint density at radius 3 is 2.86 bits per heavy atom. The molecule has 43 valence electrons. The van der Waals surface area contributed by atoms with E-state index >= 15 is 0 Å². The highest BCUT2D eigenvalue weighted by atomic mass is 35.5. The van der Waals surface area contributed by atoms with E-state index in [1.54, 1.807) is 7.11 Å². The van der Waals surface area contributed by atoms with Crippen molar-refractivity contribution in [3.8, 4) is 0 Å². The Hall–Kier alpha value is 0.250. The Balaban J connectivity index is 2.45. The number of ether oxygens (including phenoxy) is 1. The van der Waals surface area contributed by atoms with E-state index < -0.39 is 0 Å². The summed E-state index contributed by atoms with van der Waals surface area (Å²) >= 11 is 5.35. The molecule has 0 amide bonds. The predicted molar refractivity (Wildman–Crippen MR) is 31.5 cm³/mol. The minimum atomic E-state index is 0.698. The maximum atomic E-state index is 5.35. The van der Waals surface area contributed by atoms with Crippen LogP contribution >= 0.6 is 11.6 Å². The summed E-state index contributed by atoms with van der Waals surface area (Å²) in [6, 6.07) is 0. The SMILES string of the molecule is COC[CH]CCCl. The fourth-order valence-corrected chi connectivity index (χ4v) is 0.433. The van der Waals surface area contributed by atoms with Gasteiger partial charge in [0, 0.05) is 19.6 Å². The number of methoxy groups -OCH3 is 1. The summed E-state index contributed by atoms with van der Waals surface area (Å²) in [5, 5.41) is 0. The van der Waals surface area contributed by atoms with E-state index in [2.05, 4.69) is 0 Å². The molecule has 0 spiro atoms. The van der Waals surface area contributed by atoms with Crippen LogP contribution in [0.15, 0.2) is 0 Å². The smallest absolute Gasteiger partial charge is 0.0494 e. The van der Waals surface area contributed by atoms with Crippen LogP contribution in [0.5, 0.6) is 0 Å². The number of rotatable bonds is 4. The number of unbranched alkanes of at least 4 members (excludes halogenated alkanes) is 1. The molecular weight excluding hydrogens is 112 g/mol. The summed E-state index contributed by atoms with van der Waals surface area (Å²) < 4.78 is 4.73. The maximum absolute atomic E-state index is 5.35. The number of halogens is 1. The highest BCUT2D eigenvalue weighted by Gasteiger charge is 1.81. The van der Waals surface area contributed by atoms with Gasteiger partial charge in [-0.3, -0.25) is 0 Å². The van der Waals surface area contributed by atoms with Gasteiger partial charge in [-0.1, -0.05) is 0 Å². The van der Waals surface area contributed by atoms with Crippen molar-refractivity contribution in [1.29, 1.82) is 0 Å². The number of hydrogen-bond donors (Lipinski definition) is 0. The summed E-state index contributed by atoms with van der Waals surface area (Å²) in [4.78, 5) is 0. The molecule has 0 aliphatic heterocycles.